The van der Waals surface area contributed by atoms with Gasteiger partial charge < -0.3 is 43.9 Å². The van der Waals surface area contributed by atoms with Crippen molar-refractivity contribution in [3.63, 3.8) is 0 Å². The number of phenols is 1. The van der Waals surface area contributed by atoms with Crippen LogP contribution in [0.2, 0.25) is 0 Å². The Morgan fingerprint density at radius 3 is 1.93 bits per heavy atom. The van der Waals surface area contributed by atoms with Crippen molar-refractivity contribution in [1.29, 1.82) is 0 Å². The molecule has 1 unspecified atom stereocenters. The molecule has 0 bridgehead atoms. The van der Waals surface area contributed by atoms with Crippen molar-refractivity contribution in [3.8, 4) is 34.4 Å². The SMILES string of the molecule is COc1cc(-n2cccc2)cc(OC)c1OC.COc1ccc(C2=C(CO)C(C)(C(=O)O)CC(C(=O)O)=C2)cc1O. The lowest BCUT2D eigenvalue weighted by Gasteiger charge is -2.33. The van der Waals surface area contributed by atoms with Crippen LogP contribution in [0.5, 0.6) is 28.7 Å². The summed E-state index contributed by atoms with van der Waals surface area (Å²) >= 11 is 0. The van der Waals surface area contributed by atoms with Gasteiger partial charge in [-0.2, -0.15) is 0 Å². The number of ether oxygens (including phenoxy) is 4. The van der Waals surface area contributed by atoms with E-state index < -0.39 is 24.0 Å². The molecular formula is C30H33NO10. The highest BCUT2D eigenvalue weighted by atomic mass is 16.5. The van der Waals surface area contributed by atoms with Gasteiger partial charge in [-0.1, -0.05) is 6.07 Å². The standard InChI is InChI=1S/C17H18O7.C13H15NO3/c1-17(16(22)23)7-10(15(20)21)5-11(12(17)8-18)9-3-4-14(24-2)13(19)6-9;1-15-11-8-10(14-6-4-5-7-14)9-12(16-2)13(11)17-3/h3-6,18-19H,7-8H2,1-2H3,(H,20,21)(H,22,23);4-9H,1-3H3. The van der Waals surface area contributed by atoms with E-state index in [1.165, 1.54) is 32.2 Å². The highest BCUT2D eigenvalue weighted by molar-refractivity contribution is 5.97. The molecule has 4 N–H and O–H groups in total. The summed E-state index contributed by atoms with van der Waals surface area (Å²) in [5.41, 5.74) is 0.172. The Balaban J connectivity index is 0.000000239. The van der Waals surface area contributed by atoms with Gasteiger partial charge in [0, 0.05) is 30.1 Å². The van der Waals surface area contributed by atoms with Crippen molar-refractivity contribution >= 4 is 17.5 Å². The van der Waals surface area contributed by atoms with E-state index in [1.807, 2.05) is 41.2 Å². The smallest absolute Gasteiger partial charge is 0.331 e. The van der Waals surface area contributed by atoms with Gasteiger partial charge in [0.2, 0.25) is 5.75 Å². The maximum atomic E-state index is 11.7. The summed E-state index contributed by atoms with van der Waals surface area (Å²) < 4.78 is 22.8. The zero-order valence-electron chi connectivity index (χ0n) is 23.4. The van der Waals surface area contributed by atoms with E-state index in [0.29, 0.717) is 22.8 Å². The molecule has 0 saturated carbocycles. The van der Waals surface area contributed by atoms with Gasteiger partial charge in [0.1, 0.15) is 0 Å². The first-order valence-corrected chi connectivity index (χ1v) is 12.4. The van der Waals surface area contributed by atoms with Crippen LogP contribution in [0.1, 0.15) is 18.9 Å². The average molecular weight is 568 g/mol. The second-order valence-electron chi connectivity index (χ2n) is 9.20. The largest absolute Gasteiger partial charge is 0.504 e. The first-order valence-electron chi connectivity index (χ1n) is 12.4. The quantitative estimate of drug-likeness (QED) is 0.296. The van der Waals surface area contributed by atoms with Crippen LogP contribution in [0, 0.1) is 5.41 Å². The maximum absolute atomic E-state index is 11.7. The number of benzene rings is 2. The van der Waals surface area contributed by atoms with Crippen molar-refractivity contribution in [3.05, 3.63) is 77.6 Å². The van der Waals surface area contributed by atoms with Crippen LogP contribution in [0.15, 0.2) is 72.1 Å². The zero-order chi connectivity index (χ0) is 30.3. The number of aromatic hydroxyl groups is 1. The fourth-order valence-electron chi connectivity index (χ4n) is 4.54. The summed E-state index contributed by atoms with van der Waals surface area (Å²) in [6.45, 7) is 0.828. The third kappa shape index (κ3) is 6.30. The van der Waals surface area contributed by atoms with Gasteiger partial charge in [-0.3, -0.25) is 4.79 Å². The molecule has 41 heavy (non-hydrogen) atoms. The highest BCUT2D eigenvalue weighted by Crippen LogP contribution is 2.45. The average Bonchev–Trinajstić information content (AvgIpc) is 3.51. The number of carboxylic acids is 2. The Bertz CT molecular complexity index is 1450. The van der Waals surface area contributed by atoms with E-state index >= 15 is 0 Å². The van der Waals surface area contributed by atoms with Gasteiger partial charge in [-0.05, 0) is 60.4 Å². The molecule has 1 heterocycles. The monoisotopic (exact) mass is 567 g/mol. The number of rotatable bonds is 9. The van der Waals surface area contributed by atoms with E-state index in [-0.39, 0.29) is 34.6 Å². The van der Waals surface area contributed by atoms with E-state index in [4.69, 9.17) is 18.9 Å². The van der Waals surface area contributed by atoms with E-state index in [1.54, 1.807) is 27.4 Å². The summed E-state index contributed by atoms with van der Waals surface area (Å²) in [5, 5.41) is 38.5. The van der Waals surface area contributed by atoms with Gasteiger partial charge >= 0.3 is 11.9 Å². The first-order chi connectivity index (χ1) is 19.5. The third-order valence-corrected chi connectivity index (χ3v) is 6.80. The number of aliphatic hydroxyl groups is 1. The van der Waals surface area contributed by atoms with Crippen molar-refractivity contribution in [2.24, 2.45) is 5.41 Å². The molecule has 0 radical (unpaired) electrons. The van der Waals surface area contributed by atoms with Gasteiger partial charge in [-0.25, -0.2) is 4.79 Å². The lowest BCUT2D eigenvalue weighted by atomic mass is 9.70. The summed E-state index contributed by atoms with van der Waals surface area (Å²) in [5.74, 6) is -0.503. The number of aliphatic hydroxyl groups excluding tert-OH is 1. The predicted molar refractivity (Wildman–Crippen MR) is 150 cm³/mol. The molecule has 0 spiro atoms. The first kappa shape index (κ1) is 30.6. The second-order valence-corrected chi connectivity index (χ2v) is 9.20. The molecule has 0 saturated heterocycles. The minimum absolute atomic E-state index is 0.0811. The van der Waals surface area contributed by atoms with Crippen LogP contribution in [0.4, 0.5) is 0 Å². The molecule has 11 heteroatoms. The Morgan fingerprint density at radius 2 is 1.49 bits per heavy atom. The lowest BCUT2D eigenvalue weighted by Crippen LogP contribution is -2.35. The minimum atomic E-state index is -1.55. The van der Waals surface area contributed by atoms with Crippen LogP contribution in [-0.2, 0) is 9.59 Å². The fraction of sp³-hybridized carbons (Fsp3) is 0.267. The number of phenolic OH excluding ortho intramolecular Hbond substituents is 1. The topological polar surface area (TPSA) is 157 Å². The number of allylic oxidation sites excluding steroid dienone is 2. The predicted octanol–water partition coefficient (Wildman–Crippen LogP) is 4.16. The van der Waals surface area contributed by atoms with Crippen LogP contribution < -0.4 is 18.9 Å². The number of hydrogen-bond donors (Lipinski definition) is 4. The summed E-state index contributed by atoms with van der Waals surface area (Å²) in [6.07, 6.45) is 5.01. The summed E-state index contributed by atoms with van der Waals surface area (Å²) in [4.78, 5) is 23.1. The number of methoxy groups -OCH3 is 4. The Kier molecular flexibility index (Phi) is 9.69. The number of carboxylic acid groups (broad SMARTS) is 2. The molecular weight excluding hydrogens is 534 g/mol. The third-order valence-electron chi connectivity index (χ3n) is 6.80. The van der Waals surface area contributed by atoms with Crippen LogP contribution >= 0.6 is 0 Å². The molecule has 1 atom stereocenters. The normalized spacial score (nSPS) is 16.2. The Morgan fingerprint density at radius 1 is 0.902 bits per heavy atom. The molecule has 11 nitrogen and oxygen atoms in total. The minimum Gasteiger partial charge on any atom is -0.504 e. The van der Waals surface area contributed by atoms with Crippen molar-refractivity contribution in [2.75, 3.05) is 35.0 Å². The van der Waals surface area contributed by atoms with Gasteiger partial charge in [0.25, 0.3) is 0 Å². The Hall–Kier alpha value is -4.90. The summed E-state index contributed by atoms with van der Waals surface area (Å²) in [6, 6.07) is 12.1. The molecule has 4 rings (SSSR count). The van der Waals surface area contributed by atoms with Gasteiger partial charge in [0.05, 0.1) is 46.1 Å². The zero-order valence-corrected chi connectivity index (χ0v) is 23.4. The molecule has 0 fully saturated rings. The number of aliphatic carboxylic acids is 2. The number of aromatic nitrogens is 1. The molecule has 3 aromatic rings. The van der Waals surface area contributed by atoms with E-state index in [2.05, 4.69) is 0 Å². The van der Waals surface area contributed by atoms with Crippen LogP contribution in [-0.4, -0.2) is 72.0 Å². The van der Waals surface area contributed by atoms with E-state index in [9.17, 15) is 30.0 Å². The maximum Gasteiger partial charge on any atom is 0.331 e. The molecule has 1 aliphatic carbocycles. The summed E-state index contributed by atoms with van der Waals surface area (Å²) in [7, 11) is 6.20. The number of carbonyl (C=O) groups is 2. The molecule has 0 aliphatic heterocycles. The van der Waals surface area contributed by atoms with Gasteiger partial charge in [-0.15, -0.1) is 0 Å². The van der Waals surface area contributed by atoms with Crippen LogP contribution in [0.3, 0.4) is 0 Å². The number of hydrogen-bond acceptors (Lipinski definition) is 8. The Labute approximate surface area is 237 Å². The second kappa shape index (κ2) is 13.0. The molecule has 218 valence electrons. The fourth-order valence-corrected chi connectivity index (χ4v) is 4.54. The van der Waals surface area contributed by atoms with Crippen molar-refractivity contribution in [2.45, 2.75) is 13.3 Å². The van der Waals surface area contributed by atoms with Crippen LogP contribution in [0.25, 0.3) is 11.3 Å². The van der Waals surface area contributed by atoms with Gasteiger partial charge in [0.15, 0.2) is 23.0 Å². The lowest BCUT2D eigenvalue weighted by molar-refractivity contribution is -0.146. The molecule has 0 amide bonds. The number of nitrogens with zero attached hydrogens (tertiary/aromatic N) is 1. The highest BCUT2D eigenvalue weighted by Gasteiger charge is 2.43. The van der Waals surface area contributed by atoms with Crippen molar-refractivity contribution < 1.29 is 49.0 Å². The van der Waals surface area contributed by atoms with Crippen molar-refractivity contribution in [1.82, 2.24) is 4.57 Å². The molecule has 1 aromatic heterocycles. The molecule has 1 aliphatic rings. The molecule has 2 aromatic carbocycles. The van der Waals surface area contributed by atoms with E-state index in [0.717, 1.165) is 5.69 Å².